The van der Waals surface area contributed by atoms with Crippen LogP contribution in [-0.4, -0.2) is 28.0 Å². The zero-order valence-corrected chi connectivity index (χ0v) is 22.1. The number of ether oxygens (including phenoxy) is 1. The Morgan fingerprint density at radius 1 is 1.25 bits per heavy atom. The van der Waals surface area contributed by atoms with Crippen LogP contribution in [0.25, 0.3) is 21.3 Å². The van der Waals surface area contributed by atoms with Gasteiger partial charge in [-0.15, -0.1) is 22.7 Å². The third kappa shape index (κ3) is 4.49. The van der Waals surface area contributed by atoms with Crippen molar-refractivity contribution in [3.8, 4) is 11.1 Å². The van der Waals surface area contributed by atoms with Gasteiger partial charge in [-0.05, 0) is 50.2 Å². The van der Waals surface area contributed by atoms with Crippen molar-refractivity contribution < 1.29 is 14.3 Å². The number of nitrogens with zero attached hydrogens (tertiary/aromatic N) is 2. The highest BCUT2D eigenvalue weighted by molar-refractivity contribution is 7.18. The molecule has 1 N–H and O–H groups in total. The third-order valence-corrected chi connectivity index (χ3v) is 8.56. The fourth-order valence-electron chi connectivity index (χ4n) is 4.71. The van der Waals surface area contributed by atoms with Crippen LogP contribution >= 0.6 is 22.7 Å². The number of rotatable bonds is 6. The van der Waals surface area contributed by atoms with Crippen molar-refractivity contribution in [3.05, 3.63) is 67.9 Å². The topological polar surface area (TPSA) is 90.3 Å². The maximum absolute atomic E-state index is 13.5. The molecule has 3 heterocycles. The lowest BCUT2D eigenvalue weighted by Crippen LogP contribution is -2.30. The standard InChI is InChI=1S/C27H27N3O4S2/c1-4-34-27(33)23-19(17-8-6-5-7-9-17)14-35-24(23)29-21(31)13-30-16(3)28-25-22(26(30)32)18-11-10-15(2)12-20(18)36-25/h5-9,14-15H,4,10-13H2,1-3H3,(H,29,31). The second kappa shape index (κ2) is 9.99. The molecule has 0 fully saturated rings. The van der Waals surface area contributed by atoms with Gasteiger partial charge >= 0.3 is 5.97 Å². The van der Waals surface area contributed by atoms with Crippen molar-refractivity contribution in [3.63, 3.8) is 0 Å². The first-order chi connectivity index (χ1) is 17.4. The Morgan fingerprint density at radius 3 is 2.78 bits per heavy atom. The Balaban J connectivity index is 1.46. The molecule has 1 atom stereocenters. The van der Waals surface area contributed by atoms with Gasteiger partial charge in [0, 0.05) is 15.8 Å². The number of fused-ring (bicyclic) bond motifs is 3. The van der Waals surface area contributed by atoms with Crippen molar-refractivity contribution in [2.45, 2.75) is 46.6 Å². The summed E-state index contributed by atoms with van der Waals surface area (Å²) in [7, 11) is 0. The van der Waals surface area contributed by atoms with E-state index in [0.29, 0.717) is 33.3 Å². The Bertz CT molecular complexity index is 1520. The van der Waals surface area contributed by atoms with Crippen LogP contribution in [0.3, 0.4) is 0 Å². The van der Waals surface area contributed by atoms with Crippen LogP contribution in [0.1, 0.15) is 46.9 Å². The highest BCUT2D eigenvalue weighted by Gasteiger charge is 2.26. The number of hydrogen-bond acceptors (Lipinski definition) is 7. The maximum Gasteiger partial charge on any atom is 0.341 e. The molecule has 1 aromatic carbocycles. The summed E-state index contributed by atoms with van der Waals surface area (Å²) in [4.78, 5) is 46.1. The Hall–Kier alpha value is -3.30. The summed E-state index contributed by atoms with van der Waals surface area (Å²) < 4.78 is 6.71. The molecular formula is C27H27N3O4S2. The highest BCUT2D eigenvalue weighted by atomic mass is 32.1. The molecule has 0 saturated heterocycles. The van der Waals surface area contributed by atoms with Gasteiger partial charge in [-0.3, -0.25) is 14.2 Å². The number of esters is 1. The molecule has 9 heteroatoms. The van der Waals surface area contributed by atoms with Crippen LogP contribution in [0.2, 0.25) is 0 Å². The summed E-state index contributed by atoms with van der Waals surface area (Å²) in [5.41, 5.74) is 2.79. The summed E-state index contributed by atoms with van der Waals surface area (Å²) in [5.74, 6) is 0.199. The molecule has 4 aromatic rings. The fraction of sp³-hybridized carbons (Fsp3) is 0.333. The van der Waals surface area contributed by atoms with Gasteiger partial charge in [-0.1, -0.05) is 37.3 Å². The van der Waals surface area contributed by atoms with E-state index in [1.54, 1.807) is 25.2 Å². The quantitative estimate of drug-likeness (QED) is 0.342. The predicted molar refractivity (Wildman–Crippen MR) is 144 cm³/mol. The van der Waals surface area contributed by atoms with E-state index < -0.39 is 11.9 Å². The molecule has 1 aliphatic carbocycles. The molecule has 7 nitrogen and oxygen atoms in total. The molecule has 5 rings (SSSR count). The van der Waals surface area contributed by atoms with Crippen molar-refractivity contribution in [1.82, 2.24) is 9.55 Å². The zero-order valence-electron chi connectivity index (χ0n) is 20.4. The number of thiophene rings is 2. The first kappa shape index (κ1) is 24.4. The second-order valence-electron chi connectivity index (χ2n) is 9.07. The molecule has 36 heavy (non-hydrogen) atoms. The molecule has 0 bridgehead atoms. The first-order valence-electron chi connectivity index (χ1n) is 12.0. The van der Waals surface area contributed by atoms with E-state index in [1.165, 1.54) is 20.8 Å². The fourth-order valence-corrected chi connectivity index (χ4v) is 7.10. The smallest absolute Gasteiger partial charge is 0.341 e. The Kier molecular flexibility index (Phi) is 6.77. The molecule has 0 aliphatic heterocycles. The molecule has 0 radical (unpaired) electrons. The van der Waals surface area contributed by atoms with Gasteiger partial charge in [0.05, 0.1) is 12.0 Å². The van der Waals surface area contributed by atoms with E-state index in [2.05, 4.69) is 17.2 Å². The van der Waals surface area contributed by atoms with Gasteiger partial charge < -0.3 is 10.1 Å². The second-order valence-corrected chi connectivity index (χ2v) is 11.0. The van der Waals surface area contributed by atoms with Crippen LogP contribution < -0.4 is 10.9 Å². The van der Waals surface area contributed by atoms with Crippen LogP contribution in [0.4, 0.5) is 5.00 Å². The number of hydrogen-bond donors (Lipinski definition) is 1. The monoisotopic (exact) mass is 521 g/mol. The number of anilines is 1. The van der Waals surface area contributed by atoms with Gasteiger partial charge in [0.1, 0.15) is 27.8 Å². The van der Waals surface area contributed by atoms with Crippen molar-refractivity contribution in [1.29, 1.82) is 0 Å². The van der Waals surface area contributed by atoms with Crippen molar-refractivity contribution >= 4 is 49.8 Å². The van der Waals surface area contributed by atoms with Crippen LogP contribution in [-0.2, 0) is 28.9 Å². The number of aromatic nitrogens is 2. The van der Waals surface area contributed by atoms with E-state index >= 15 is 0 Å². The molecular weight excluding hydrogens is 494 g/mol. The molecule has 1 amide bonds. The molecule has 3 aromatic heterocycles. The molecule has 1 aliphatic rings. The number of nitrogens with one attached hydrogen (secondary N) is 1. The number of carbonyl (C=O) groups excluding carboxylic acids is 2. The van der Waals surface area contributed by atoms with E-state index in [1.807, 2.05) is 35.7 Å². The number of benzene rings is 1. The van der Waals surface area contributed by atoms with E-state index in [-0.39, 0.29) is 18.7 Å². The van der Waals surface area contributed by atoms with Gasteiger partial charge in [0.15, 0.2) is 0 Å². The van der Waals surface area contributed by atoms with Crippen molar-refractivity contribution in [2.24, 2.45) is 5.92 Å². The van der Waals surface area contributed by atoms with E-state index in [9.17, 15) is 14.4 Å². The van der Waals surface area contributed by atoms with Gasteiger partial charge in [0.2, 0.25) is 5.91 Å². The van der Waals surface area contributed by atoms with Crippen LogP contribution in [0, 0.1) is 12.8 Å². The lowest BCUT2D eigenvalue weighted by Gasteiger charge is -2.17. The largest absolute Gasteiger partial charge is 0.462 e. The Morgan fingerprint density at radius 2 is 2.03 bits per heavy atom. The Labute approximate surface area is 216 Å². The summed E-state index contributed by atoms with van der Waals surface area (Å²) >= 11 is 2.86. The van der Waals surface area contributed by atoms with Gasteiger partial charge in [0.25, 0.3) is 5.56 Å². The minimum atomic E-state index is -0.497. The number of carbonyl (C=O) groups is 2. The molecule has 0 saturated carbocycles. The average Bonchev–Trinajstić information content (AvgIpc) is 3.43. The van der Waals surface area contributed by atoms with E-state index in [4.69, 9.17) is 4.74 Å². The maximum atomic E-state index is 13.5. The lowest BCUT2D eigenvalue weighted by atomic mass is 9.89. The van der Waals surface area contributed by atoms with Gasteiger partial charge in [-0.2, -0.15) is 0 Å². The summed E-state index contributed by atoms with van der Waals surface area (Å²) in [6, 6.07) is 9.49. The van der Waals surface area contributed by atoms with Crippen molar-refractivity contribution in [2.75, 3.05) is 11.9 Å². The molecule has 1 unspecified atom stereocenters. The van der Waals surface area contributed by atoms with Gasteiger partial charge in [-0.25, -0.2) is 9.78 Å². The first-order valence-corrected chi connectivity index (χ1v) is 13.7. The lowest BCUT2D eigenvalue weighted by molar-refractivity contribution is -0.116. The molecule has 186 valence electrons. The summed E-state index contributed by atoms with van der Waals surface area (Å²) in [6.07, 6.45) is 2.88. The third-order valence-electron chi connectivity index (χ3n) is 6.52. The SMILES string of the molecule is CCOC(=O)c1c(-c2ccccc2)csc1NC(=O)Cn1c(C)nc2sc3c(c2c1=O)CCC(C)C3. The number of amides is 1. The van der Waals surface area contributed by atoms with E-state index in [0.717, 1.165) is 35.2 Å². The normalized spacial score (nSPS) is 15.0. The minimum absolute atomic E-state index is 0.179. The predicted octanol–water partition coefficient (Wildman–Crippen LogP) is 5.44. The average molecular weight is 522 g/mol. The summed E-state index contributed by atoms with van der Waals surface area (Å²) in [5, 5.41) is 5.73. The highest BCUT2D eigenvalue weighted by Crippen LogP contribution is 2.37. The molecule has 0 spiro atoms. The van der Waals surface area contributed by atoms with Crippen LogP contribution in [0.15, 0.2) is 40.5 Å². The minimum Gasteiger partial charge on any atom is -0.462 e. The summed E-state index contributed by atoms with van der Waals surface area (Å²) in [6.45, 7) is 5.76. The zero-order chi connectivity index (χ0) is 25.4. The van der Waals surface area contributed by atoms with Crippen LogP contribution in [0.5, 0.6) is 0 Å². The number of aryl methyl sites for hydroxylation is 2.